The van der Waals surface area contributed by atoms with Gasteiger partial charge in [-0.15, -0.1) is 0 Å². The van der Waals surface area contributed by atoms with Crippen molar-refractivity contribution < 1.29 is 22.7 Å². The van der Waals surface area contributed by atoms with Crippen molar-refractivity contribution in [2.75, 3.05) is 27.2 Å². The summed E-state index contributed by atoms with van der Waals surface area (Å²) in [4.78, 5) is 27.6. The Labute approximate surface area is 202 Å². The van der Waals surface area contributed by atoms with E-state index in [9.17, 15) is 18.0 Å². The maximum atomic E-state index is 13.3. The summed E-state index contributed by atoms with van der Waals surface area (Å²) in [7, 11) is -0.950. The van der Waals surface area contributed by atoms with Gasteiger partial charge in [0.05, 0.1) is 18.6 Å². The summed E-state index contributed by atoms with van der Waals surface area (Å²) < 4.78 is 32.2. The normalized spacial score (nSPS) is 12.3. The van der Waals surface area contributed by atoms with Gasteiger partial charge in [-0.1, -0.05) is 43.2 Å². The monoisotopic (exact) mass is 489 g/mol. The Balaban J connectivity index is 2.26. The van der Waals surface area contributed by atoms with Crippen LogP contribution in [0.2, 0.25) is 0 Å². The lowest BCUT2D eigenvalue weighted by molar-refractivity contribution is -0.140. The zero-order valence-corrected chi connectivity index (χ0v) is 21.4. The molecule has 0 heterocycles. The maximum absolute atomic E-state index is 13.3. The third kappa shape index (κ3) is 7.30. The molecule has 1 N–H and O–H groups in total. The van der Waals surface area contributed by atoms with E-state index in [2.05, 4.69) is 5.32 Å². The number of likely N-dealkylation sites (N-methyl/N-ethyl adjacent to an activating group) is 1. The molecule has 0 aromatic heterocycles. The molecule has 2 aromatic carbocycles. The third-order valence-corrected chi connectivity index (χ3v) is 7.39. The first kappa shape index (κ1) is 27.3. The van der Waals surface area contributed by atoms with Crippen LogP contribution in [-0.2, 0) is 26.2 Å². The molecule has 0 aliphatic heterocycles. The summed E-state index contributed by atoms with van der Waals surface area (Å²) in [6.07, 6.45) is 1.77. The molecule has 0 unspecified atom stereocenters. The highest BCUT2D eigenvalue weighted by molar-refractivity contribution is 7.89. The number of methoxy groups -OCH3 is 1. The number of unbranched alkanes of at least 4 members (excludes halogenated alkanes) is 1. The first-order valence-electron chi connectivity index (χ1n) is 11.3. The molecule has 2 amide bonds. The van der Waals surface area contributed by atoms with Crippen molar-refractivity contribution in [1.29, 1.82) is 0 Å². The smallest absolute Gasteiger partial charge is 0.243 e. The fourth-order valence-corrected chi connectivity index (χ4v) is 4.46. The van der Waals surface area contributed by atoms with Crippen LogP contribution in [-0.4, -0.2) is 62.7 Å². The lowest BCUT2D eigenvalue weighted by atomic mass is 10.1. The predicted molar refractivity (Wildman–Crippen MR) is 132 cm³/mol. The summed E-state index contributed by atoms with van der Waals surface area (Å²) in [5, 5.41) is 2.85. The van der Waals surface area contributed by atoms with Crippen LogP contribution in [0.15, 0.2) is 53.4 Å². The molecule has 2 rings (SSSR count). The van der Waals surface area contributed by atoms with Crippen molar-refractivity contribution in [3.05, 3.63) is 59.7 Å². The van der Waals surface area contributed by atoms with Crippen LogP contribution < -0.4 is 10.1 Å². The lowest BCUT2D eigenvalue weighted by Crippen LogP contribution is -2.50. The Hall–Kier alpha value is -2.91. The lowest BCUT2D eigenvalue weighted by Gasteiger charge is -2.30. The van der Waals surface area contributed by atoms with E-state index in [4.69, 9.17) is 4.74 Å². The topological polar surface area (TPSA) is 96.0 Å². The van der Waals surface area contributed by atoms with E-state index in [1.807, 2.05) is 19.9 Å². The van der Waals surface area contributed by atoms with Crippen molar-refractivity contribution >= 4 is 21.8 Å². The van der Waals surface area contributed by atoms with Gasteiger partial charge < -0.3 is 15.0 Å². The van der Waals surface area contributed by atoms with Crippen LogP contribution in [0.25, 0.3) is 0 Å². The molecule has 1 atom stereocenters. The van der Waals surface area contributed by atoms with Crippen LogP contribution in [0.4, 0.5) is 0 Å². The first-order chi connectivity index (χ1) is 16.1. The molecule has 0 saturated carbocycles. The standard InChI is InChI=1S/C25H35N3O5S/c1-6-7-15-26-25(30)20(3)28(17-21-9-8-10-22(16-21)33-5)24(29)18-27(4)34(31,32)23-13-11-19(2)12-14-23/h8-14,16,20H,6-7,15,17-18H2,1-5H3,(H,26,30)/t20-/m1/s1. The van der Waals surface area contributed by atoms with E-state index in [1.165, 1.54) is 24.1 Å². The first-order valence-corrected chi connectivity index (χ1v) is 12.8. The predicted octanol–water partition coefficient (Wildman–Crippen LogP) is 2.96. The zero-order valence-electron chi connectivity index (χ0n) is 20.6. The molecule has 0 aliphatic carbocycles. The van der Waals surface area contributed by atoms with Crippen molar-refractivity contribution in [1.82, 2.24) is 14.5 Å². The molecule has 2 aromatic rings. The highest BCUT2D eigenvalue weighted by Gasteiger charge is 2.30. The van der Waals surface area contributed by atoms with Gasteiger partial charge in [0.15, 0.2) is 0 Å². The quantitative estimate of drug-likeness (QED) is 0.463. The number of nitrogens with zero attached hydrogens (tertiary/aromatic N) is 2. The van der Waals surface area contributed by atoms with Gasteiger partial charge >= 0.3 is 0 Å². The molecule has 0 spiro atoms. The zero-order chi connectivity index (χ0) is 25.3. The van der Waals surface area contributed by atoms with E-state index >= 15 is 0 Å². The number of nitrogens with one attached hydrogen (secondary N) is 1. The fraction of sp³-hybridized carbons (Fsp3) is 0.440. The molecular weight excluding hydrogens is 454 g/mol. The number of sulfonamides is 1. The van der Waals surface area contributed by atoms with E-state index in [0.717, 1.165) is 28.3 Å². The van der Waals surface area contributed by atoms with E-state index < -0.39 is 28.5 Å². The second-order valence-corrected chi connectivity index (χ2v) is 10.3. The second kappa shape index (κ2) is 12.5. The number of ether oxygens (including phenoxy) is 1. The van der Waals surface area contributed by atoms with Gasteiger partial charge in [-0.3, -0.25) is 9.59 Å². The number of hydrogen-bond acceptors (Lipinski definition) is 5. The summed E-state index contributed by atoms with van der Waals surface area (Å²) in [6.45, 7) is 5.80. The molecular formula is C25H35N3O5S. The SMILES string of the molecule is CCCCNC(=O)[C@@H](C)N(Cc1cccc(OC)c1)C(=O)CN(C)S(=O)(=O)c1ccc(C)cc1. The summed E-state index contributed by atoms with van der Waals surface area (Å²) >= 11 is 0. The van der Waals surface area contributed by atoms with Gasteiger partial charge in [-0.2, -0.15) is 4.31 Å². The van der Waals surface area contributed by atoms with Crippen LogP contribution in [0, 0.1) is 6.92 Å². The van der Waals surface area contributed by atoms with Gasteiger partial charge in [0, 0.05) is 20.1 Å². The highest BCUT2D eigenvalue weighted by Crippen LogP contribution is 2.18. The highest BCUT2D eigenvalue weighted by atomic mass is 32.2. The Morgan fingerprint density at radius 3 is 2.41 bits per heavy atom. The molecule has 0 aliphatic rings. The third-order valence-electron chi connectivity index (χ3n) is 5.57. The van der Waals surface area contributed by atoms with Gasteiger partial charge in [0.25, 0.3) is 0 Å². The largest absolute Gasteiger partial charge is 0.497 e. The van der Waals surface area contributed by atoms with E-state index in [-0.39, 0.29) is 17.3 Å². The minimum atomic E-state index is -3.87. The van der Waals surface area contributed by atoms with Crippen molar-refractivity contribution in [2.24, 2.45) is 0 Å². The summed E-state index contributed by atoms with van der Waals surface area (Å²) in [5.74, 6) is -0.128. The number of benzene rings is 2. The van der Waals surface area contributed by atoms with Gasteiger partial charge in [0.1, 0.15) is 11.8 Å². The van der Waals surface area contributed by atoms with Gasteiger partial charge in [0.2, 0.25) is 21.8 Å². The second-order valence-electron chi connectivity index (χ2n) is 8.27. The maximum Gasteiger partial charge on any atom is 0.243 e. The van der Waals surface area contributed by atoms with Crippen LogP contribution in [0.5, 0.6) is 5.75 Å². The molecule has 0 fully saturated rings. The summed E-state index contributed by atoms with van der Waals surface area (Å²) in [6, 6.07) is 12.9. The molecule has 0 bridgehead atoms. The summed E-state index contributed by atoms with van der Waals surface area (Å²) in [5.41, 5.74) is 1.70. The number of hydrogen-bond donors (Lipinski definition) is 1. The number of carbonyl (C=O) groups is 2. The van der Waals surface area contributed by atoms with Gasteiger partial charge in [-0.25, -0.2) is 8.42 Å². The molecule has 0 saturated heterocycles. The number of carbonyl (C=O) groups excluding carboxylic acids is 2. The average molecular weight is 490 g/mol. The van der Waals surface area contributed by atoms with Crippen molar-refractivity contribution in [3.63, 3.8) is 0 Å². The van der Waals surface area contributed by atoms with Crippen molar-refractivity contribution in [3.8, 4) is 5.75 Å². The van der Waals surface area contributed by atoms with Crippen LogP contribution >= 0.6 is 0 Å². The number of rotatable bonds is 12. The fourth-order valence-electron chi connectivity index (χ4n) is 3.34. The van der Waals surface area contributed by atoms with Crippen LogP contribution in [0.3, 0.4) is 0 Å². The van der Waals surface area contributed by atoms with Crippen molar-refractivity contribution in [2.45, 2.75) is 51.1 Å². The Morgan fingerprint density at radius 1 is 1.12 bits per heavy atom. The Morgan fingerprint density at radius 2 is 1.79 bits per heavy atom. The van der Waals surface area contributed by atoms with Crippen LogP contribution in [0.1, 0.15) is 37.8 Å². The average Bonchev–Trinajstić information content (AvgIpc) is 2.82. The molecule has 186 valence electrons. The molecule has 9 heteroatoms. The minimum Gasteiger partial charge on any atom is -0.497 e. The molecule has 8 nitrogen and oxygen atoms in total. The van der Waals surface area contributed by atoms with E-state index in [1.54, 1.807) is 44.4 Å². The Kier molecular flexibility index (Phi) is 10.1. The number of amides is 2. The van der Waals surface area contributed by atoms with Gasteiger partial charge in [-0.05, 0) is 50.1 Å². The Bertz CT molecular complexity index is 1070. The molecule has 34 heavy (non-hydrogen) atoms. The van der Waals surface area contributed by atoms with E-state index in [0.29, 0.717) is 12.3 Å². The molecule has 0 radical (unpaired) electrons. The minimum absolute atomic E-state index is 0.109. The number of aryl methyl sites for hydroxylation is 1.